The highest BCUT2D eigenvalue weighted by atomic mass is 32.2. The second-order valence-corrected chi connectivity index (χ2v) is 9.98. The summed E-state index contributed by atoms with van der Waals surface area (Å²) in [5.41, 5.74) is 5.28. The van der Waals surface area contributed by atoms with Gasteiger partial charge >= 0.3 is 0 Å². The first-order valence-corrected chi connectivity index (χ1v) is 11.1. The third kappa shape index (κ3) is 6.21. The molecule has 0 aliphatic rings. The monoisotopic (exact) mass is 395 g/mol. The predicted octanol–water partition coefficient (Wildman–Crippen LogP) is 1.77. The number of hydrogen-bond donors (Lipinski definition) is 3. The Kier molecular flexibility index (Phi) is 7.79. The zero-order chi connectivity index (χ0) is 19.3. The quantitative estimate of drug-likeness (QED) is 0.558. The first-order valence-electron chi connectivity index (χ1n) is 8.07. The van der Waals surface area contributed by atoms with Crippen LogP contribution in [0.3, 0.4) is 0 Å². The minimum atomic E-state index is -3.95. The summed E-state index contributed by atoms with van der Waals surface area (Å²) < 4.78 is 67.0. The molecule has 25 heavy (non-hydrogen) atoms. The fourth-order valence-electron chi connectivity index (χ4n) is 1.98. The summed E-state index contributed by atoms with van der Waals surface area (Å²) in [7, 11) is -7.68. The highest BCUT2D eigenvalue weighted by Gasteiger charge is 2.22. The molecule has 0 aliphatic heterocycles. The van der Waals surface area contributed by atoms with E-state index in [1.807, 2.05) is 6.92 Å². The molecule has 0 saturated heterocycles. The number of nitrogens with one attached hydrogen (secondary N) is 2. The van der Waals surface area contributed by atoms with Crippen LogP contribution in [0.15, 0.2) is 23.1 Å². The maximum Gasteiger partial charge on any atom is 0.240 e. The molecule has 0 spiro atoms. The zero-order valence-electron chi connectivity index (χ0n) is 14.6. The summed E-state index contributed by atoms with van der Waals surface area (Å²) in [4.78, 5) is -0.285. The number of nitrogens with two attached hydrogens (primary N) is 1. The van der Waals surface area contributed by atoms with E-state index in [9.17, 15) is 21.2 Å². The smallest absolute Gasteiger partial charge is 0.240 e. The van der Waals surface area contributed by atoms with Gasteiger partial charge in [-0.2, -0.15) is 0 Å². The third-order valence-electron chi connectivity index (χ3n) is 3.64. The van der Waals surface area contributed by atoms with E-state index in [0.717, 1.165) is 31.0 Å². The number of rotatable bonds is 10. The minimum absolute atomic E-state index is 0.133. The number of hydrogen-bond acceptors (Lipinski definition) is 5. The van der Waals surface area contributed by atoms with Crippen molar-refractivity contribution in [3.63, 3.8) is 0 Å². The first kappa shape index (κ1) is 21.8. The fraction of sp³-hybridized carbons (Fsp3) is 0.600. The van der Waals surface area contributed by atoms with Crippen molar-refractivity contribution >= 4 is 25.7 Å². The summed E-state index contributed by atoms with van der Waals surface area (Å²) >= 11 is 0. The van der Waals surface area contributed by atoms with Crippen molar-refractivity contribution in [2.24, 2.45) is 5.73 Å². The first-order chi connectivity index (χ1) is 11.5. The van der Waals surface area contributed by atoms with Crippen molar-refractivity contribution in [3.8, 4) is 0 Å². The topological polar surface area (TPSA) is 118 Å². The van der Waals surface area contributed by atoms with Gasteiger partial charge in [-0.15, -0.1) is 0 Å². The van der Waals surface area contributed by atoms with Gasteiger partial charge in [0, 0.05) is 12.6 Å². The molecule has 1 unspecified atom stereocenters. The summed E-state index contributed by atoms with van der Waals surface area (Å²) in [6.07, 6.45) is 2.30. The van der Waals surface area contributed by atoms with Crippen LogP contribution in [0.25, 0.3) is 0 Å². The lowest BCUT2D eigenvalue weighted by atomic mass is 10.1. The largest absolute Gasteiger partial charge is 0.329 e. The normalized spacial score (nSPS) is 13.8. The second-order valence-electron chi connectivity index (χ2n) is 6.03. The minimum Gasteiger partial charge on any atom is -0.329 e. The van der Waals surface area contributed by atoms with Gasteiger partial charge in [0.15, 0.2) is 0 Å². The van der Waals surface area contributed by atoms with Gasteiger partial charge < -0.3 is 5.73 Å². The van der Waals surface area contributed by atoms with Crippen LogP contribution in [-0.2, 0) is 20.0 Å². The Balaban J connectivity index is 3.01. The van der Waals surface area contributed by atoms with E-state index in [-0.39, 0.29) is 17.1 Å². The van der Waals surface area contributed by atoms with E-state index in [2.05, 4.69) is 9.44 Å². The molecule has 0 amide bonds. The maximum absolute atomic E-state index is 14.2. The molecular weight excluding hydrogens is 369 g/mol. The van der Waals surface area contributed by atoms with Crippen molar-refractivity contribution in [3.05, 3.63) is 24.0 Å². The Morgan fingerprint density at radius 1 is 1.20 bits per heavy atom. The molecule has 0 aliphatic carbocycles. The Bertz CT molecular complexity index is 780. The van der Waals surface area contributed by atoms with Gasteiger partial charge in [0.2, 0.25) is 20.0 Å². The average molecular weight is 396 g/mol. The number of sulfonamides is 2. The number of halogens is 1. The molecule has 0 aromatic heterocycles. The fourth-order valence-corrected chi connectivity index (χ4v) is 3.98. The van der Waals surface area contributed by atoms with Gasteiger partial charge in [-0.1, -0.05) is 19.8 Å². The van der Waals surface area contributed by atoms with Crippen LogP contribution in [0.4, 0.5) is 10.1 Å². The van der Waals surface area contributed by atoms with Gasteiger partial charge in [0.05, 0.1) is 15.8 Å². The molecular formula is C15H26FN3O4S2. The Morgan fingerprint density at radius 2 is 1.84 bits per heavy atom. The van der Waals surface area contributed by atoms with Crippen molar-refractivity contribution in [2.75, 3.05) is 11.3 Å². The summed E-state index contributed by atoms with van der Waals surface area (Å²) in [6.45, 7) is 5.01. The maximum atomic E-state index is 14.2. The van der Waals surface area contributed by atoms with E-state index in [4.69, 9.17) is 5.73 Å². The molecule has 1 rings (SSSR count). The van der Waals surface area contributed by atoms with Crippen LogP contribution in [0.2, 0.25) is 0 Å². The van der Waals surface area contributed by atoms with Crippen LogP contribution < -0.4 is 15.2 Å². The van der Waals surface area contributed by atoms with Gasteiger partial charge in [-0.05, 0) is 38.5 Å². The lowest BCUT2D eigenvalue weighted by Crippen LogP contribution is -2.40. The standard InChI is InChI=1S/C15H26FN3O4S2/c1-4-5-6-12(10-17)18-25(22,23)13-7-8-15(14(16)9-13)19-24(20,21)11(2)3/h7-9,11-12,18-19H,4-6,10,17H2,1-3H3. The molecule has 4 N–H and O–H groups in total. The summed E-state index contributed by atoms with van der Waals surface area (Å²) in [5.74, 6) is -0.968. The molecule has 0 bridgehead atoms. The van der Waals surface area contributed by atoms with Crippen LogP contribution in [-0.4, -0.2) is 34.7 Å². The Hall–Kier alpha value is -1.23. The van der Waals surface area contributed by atoms with Crippen LogP contribution in [0.1, 0.15) is 40.0 Å². The molecule has 10 heteroatoms. The average Bonchev–Trinajstić information content (AvgIpc) is 2.52. The molecule has 1 aromatic carbocycles. The highest BCUT2D eigenvalue weighted by Crippen LogP contribution is 2.21. The highest BCUT2D eigenvalue weighted by molar-refractivity contribution is 7.93. The molecule has 0 saturated carbocycles. The van der Waals surface area contributed by atoms with Crippen molar-refractivity contribution in [1.82, 2.24) is 4.72 Å². The van der Waals surface area contributed by atoms with Crippen molar-refractivity contribution in [1.29, 1.82) is 0 Å². The van der Waals surface area contributed by atoms with E-state index in [1.54, 1.807) is 0 Å². The SMILES string of the molecule is CCCCC(CN)NS(=O)(=O)c1ccc(NS(=O)(=O)C(C)C)c(F)c1. The summed E-state index contributed by atoms with van der Waals surface area (Å²) in [5, 5.41) is -0.749. The number of anilines is 1. The summed E-state index contributed by atoms with van der Waals surface area (Å²) in [6, 6.07) is 2.59. The van der Waals surface area contributed by atoms with E-state index in [1.165, 1.54) is 13.8 Å². The van der Waals surface area contributed by atoms with E-state index in [0.29, 0.717) is 6.42 Å². The molecule has 0 heterocycles. The van der Waals surface area contributed by atoms with Gasteiger partial charge in [0.1, 0.15) is 5.82 Å². The van der Waals surface area contributed by atoms with Gasteiger partial charge in [-0.3, -0.25) is 4.72 Å². The Labute approximate surface area is 149 Å². The molecule has 1 aromatic rings. The van der Waals surface area contributed by atoms with E-state index < -0.39 is 37.2 Å². The molecule has 0 fully saturated rings. The Morgan fingerprint density at radius 3 is 2.32 bits per heavy atom. The number of benzene rings is 1. The van der Waals surface area contributed by atoms with Gasteiger partial charge in [-0.25, -0.2) is 25.9 Å². The number of unbranched alkanes of at least 4 members (excludes halogenated alkanes) is 1. The lowest BCUT2D eigenvalue weighted by Gasteiger charge is -2.17. The van der Waals surface area contributed by atoms with E-state index >= 15 is 0 Å². The third-order valence-corrected chi connectivity index (χ3v) is 6.90. The van der Waals surface area contributed by atoms with Crippen molar-refractivity contribution in [2.45, 2.75) is 56.2 Å². The van der Waals surface area contributed by atoms with Crippen LogP contribution >= 0.6 is 0 Å². The molecule has 144 valence electrons. The second kappa shape index (κ2) is 8.93. The molecule has 1 atom stereocenters. The predicted molar refractivity (Wildman–Crippen MR) is 96.8 cm³/mol. The molecule has 0 radical (unpaired) electrons. The van der Waals surface area contributed by atoms with Crippen LogP contribution in [0, 0.1) is 5.82 Å². The van der Waals surface area contributed by atoms with Gasteiger partial charge in [0.25, 0.3) is 0 Å². The zero-order valence-corrected chi connectivity index (χ0v) is 16.3. The lowest BCUT2D eigenvalue weighted by molar-refractivity contribution is 0.515. The van der Waals surface area contributed by atoms with Crippen molar-refractivity contribution < 1.29 is 21.2 Å². The van der Waals surface area contributed by atoms with Crippen LogP contribution in [0.5, 0.6) is 0 Å². The molecule has 7 nitrogen and oxygen atoms in total.